The van der Waals surface area contributed by atoms with E-state index in [0.29, 0.717) is 36.1 Å². The predicted octanol–water partition coefficient (Wildman–Crippen LogP) is 3.05. The van der Waals surface area contributed by atoms with Gasteiger partial charge in [0, 0.05) is 34.7 Å². The minimum atomic E-state index is -3.53. The zero-order chi connectivity index (χ0) is 14.9. The highest BCUT2D eigenvalue weighted by molar-refractivity contribution is 7.89. The molecule has 1 aliphatic heterocycles. The Bertz CT molecular complexity index is 734. The molecule has 7 heteroatoms. The third-order valence-electron chi connectivity index (χ3n) is 3.52. The standard InChI is InChI=1S/C14H16ClNO3S2/c15-10-13-14(11-4-1-2-5-12(11)20-13)21(17,18)16-6-3-8-19-9-7-16/h1-2,4-5H,3,6-10H2. The second kappa shape index (κ2) is 6.22. The third kappa shape index (κ3) is 2.83. The highest BCUT2D eigenvalue weighted by Gasteiger charge is 2.30. The molecular formula is C14H16ClNO3S2. The fourth-order valence-electron chi connectivity index (χ4n) is 2.54. The summed E-state index contributed by atoms with van der Waals surface area (Å²) in [7, 11) is -3.53. The predicted molar refractivity (Wildman–Crippen MR) is 85.6 cm³/mol. The highest BCUT2D eigenvalue weighted by Crippen LogP contribution is 2.37. The molecule has 2 aromatic rings. The molecule has 114 valence electrons. The van der Waals surface area contributed by atoms with Gasteiger partial charge in [-0.2, -0.15) is 4.31 Å². The van der Waals surface area contributed by atoms with Crippen LogP contribution in [0.4, 0.5) is 0 Å². The van der Waals surface area contributed by atoms with Gasteiger partial charge in [-0.1, -0.05) is 18.2 Å². The Balaban J connectivity index is 2.13. The summed E-state index contributed by atoms with van der Waals surface area (Å²) >= 11 is 7.43. The van der Waals surface area contributed by atoms with Crippen LogP contribution in [0.25, 0.3) is 10.1 Å². The van der Waals surface area contributed by atoms with Crippen molar-refractivity contribution in [2.75, 3.05) is 26.3 Å². The molecule has 2 heterocycles. The molecule has 3 rings (SSSR count). The fraction of sp³-hybridized carbons (Fsp3) is 0.429. The van der Waals surface area contributed by atoms with Crippen LogP contribution >= 0.6 is 22.9 Å². The van der Waals surface area contributed by atoms with Gasteiger partial charge in [0.1, 0.15) is 4.90 Å². The zero-order valence-electron chi connectivity index (χ0n) is 11.4. The number of hydrogen-bond donors (Lipinski definition) is 0. The lowest BCUT2D eigenvalue weighted by molar-refractivity contribution is 0.148. The van der Waals surface area contributed by atoms with Crippen LogP contribution in [0, 0.1) is 0 Å². The molecule has 0 N–H and O–H groups in total. The number of alkyl halides is 1. The van der Waals surface area contributed by atoms with Crippen LogP contribution in [0.1, 0.15) is 11.3 Å². The average molecular weight is 346 g/mol. The Kier molecular flexibility index (Phi) is 4.51. The molecule has 1 saturated heterocycles. The van der Waals surface area contributed by atoms with Gasteiger partial charge in [-0.25, -0.2) is 8.42 Å². The number of nitrogens with zero attached hydrogens (tertiary/aromatic N) is 1. The SMILES string of the molecule is O=S(=O)(c1c(CCl)sc2ccccc12)N1CCCOCC1. The Morgan fingerprint density at radius 2 is 2.05 bits per heavy atom. The maximum atomic E-state index is 13.0. The van der Waals surface area contributed by atoms with Crippen LogP contribution in [0.3, 0.4) is 0 Å². The molecule has 21 heavy (non-hydrogen) atoms. The normalized spacial score (nSPS) is 18.0. The van der Waals surface area contributed by atoms with E-state index in [4.69, 9.17) is 16.3 Å². The highest BCUT2D eigenvalue weighted by atomic mass is 35.5. The second-order valence-electron chi connectivity index (χ2n) is 4.85. The van der Waals surface area contributed by atoms with E-state index in [1.54, 1.807) is 0 Å². The average Bonchev–Trinajstić information content (AvgIpc) is 2.66. The van der Waals surface area contributed by atoms with E-state index in [-0.39, 0.29) is 5.88 Å². The van der Waals surface area contributed by atoms with E-state index in [9.17, 15) is 8.42 Å². The molecule has 0 aliphatic carbocycles. The van der Waals surface area contributed by atoms with Crippen LogP contribution in [0.2, 0.25) is 0 Å². The number of hydrogen-bond acceptors (Lipinski definition) is 4. The van der Waals surface area contributed by atoms with Crippen LogP contribution in [-0.2, 0) is 20.6 Å². The Morgan fingerprint density at radius 1 is 1.24 bits per heavy atom. The molecule has 0 spiro atoms. The van der Waals surface area contributed by atoms with Crippen molar-refractivity contribution in [2.45, 2.75) is 17.2 Å². The van der Waals surface area contributed by atoms with Crippen molar-refractivity contribution in [1.29, 1.82) is 0 Å². The summed E-state index contributed by atoms with van der Waals surface area (Å²) in [6, 6.07) is 7.55. The van der Waals surface area contributed by atoms with Crippen molar-refractivity contribution >= 4 is 43.0 Å². The lowest BCUT2D eigenvalue weighted by Gasteiger charge is -2.19. The van der Waals surface area contributed by atoms with Crippen LogP contribution in [-0.4, -0.2) is 39.0 Å². The van der Waals surface area contributed by atoms with Gasteiger partial charge in [0.05, 0.1) is 12.5 Å². The van der Waals surface area contributed by atoms with Crippen molar-refractivity contribution in [3.05, 3.63) is 29.1 Å². The zero-order valence-corrected chi connectivity index (χ0v) is 13.8. The van der Waals surface area contributed by atoms with Gasteiger partial charge in [-0.15, -0.1) is 22.9 Å². The van der Waals surface area contributed by atoms with Crippen LogP contribution in [0.5, 0.6) is 0 Å². The number of thiophene rings is 1. The Labute approximate surface area is 133 Å². The monoisotopic (exact) mass is 345 g/mol. The van der Waals surface area contributed by atoms with Gasteiger partial charge in [0.2, 0.25) is 10.0 Å². The Morgan fingerprint density at radius 3 is 2.86 bits per heavy atom. The first-order valence-electron chi connectivity index (χ1n) is 6.79. The largest absolute Gasteiger partial charge is 0.380 e. The number of halogens is 1. The van der Waals surface area contributed by atoms with Crippen molar-refractivity contribution in [3.63, 3.8) is 0 Å². The number of rotatable bonds is 3. The molecule has 0 amide bonds. The van der Waals surface area contributed by atoms with E-state index in [0.717, 1.165) is 16.5 Å². The van der Waals surface area contributed by atoms with Crippen molar-refractivity contribution in [1.82, 2.24) is 4.31 Å². The number of benzene rings is 1. The summed E-state index contributed by atoms with van der Waals surface area (Å²) < 4.78 is 33.9. The molecule has 1 aliphatic rings. The smallest absolute Gasteiger partial charge is 0.244 e. The molecule has 1 aromatic heterocycles. The van der Waals surface area contributed by atoms with Gasteiger partial charge in [0.25, 0.3) is 0 Å². The first kappa shape index (κ1) is 15.2. The molecule has 0 radical (unpaired) electrons. The lowest BCUT2D eigenvalue weighted by Crippen LogP contribution is -2.33. The van der Waals surface area contributed by atoms with Crippen LogP contribution in [0.15, 0.2) is 29.2 Å². The van der Waals surface area contributed by atoms with Crippen molar-refractivity contribution < 1.29 is 13.2 Å². The van der Waals surface area contributed by atoms with E-state index >= 15 is 0 Å². The van der Waals surface area contributed by atoms with E-state index < -0.39 is 10.0 Å². The van der Waals surface area contributed by atoms with Gasteiger partial charge >= 0.3 is 0 Å². The fourth-order valence-corrected chi connectivity index (χ4v) is 6.13. The maximum absolute atomic E-state index is 13.0. The maximum Gasteiger partial charge on any atom is 0.244 e. The lowest BCUT2D eigenvalue weighted by atomic mass is 10.2. The third-order valence-corrected chi connectivity index (χ3v) is 7.27. The topological polar surface area (TPSA) is 46.6 Å². The van der Waals surface area contributed by atoms with Crippen molar-refractivity contribution in [2.24, 2.45) is 0 Å². The minimum absolute atomic E-state index is 0.207. The van der Waals surface area contributed by atoms with Gasteiger partial charge in [0.15, 0.2) is 0 Å². The Hall–Kier alpha value is -0.660. The molecular weight excluding hydrogens is 330 g/mol. The van der Waals surface area contributed by atoms with Crippen LogP contribution < -0.4 is 0 Å². The number of ether oxygens (including phenoxy) is 1. The molecule has 0 saturated carbocycles. The summed E-state index contributed by atoms with van der Waals surface area (Å²) in [6.07, 6.45) is 0.720. The van der Waals surface area contributed by atoms with E-state index in [1.807, 2.05) is 24.3 Å². The number of fused-ring (bicyclic) bond motifs is 1. The second-order valence-corrected chi connectivity index (χ2v) is 8.13. The summed E-state index contributed by atoms with van der Waals surface area (Å²) in [5.41, 5.74) is 0. The van der Waals surface area contributed by atoms with Gasteiger partial charge in [-0.05, 0) is 12.5 Å². The van der Waals surface area contributed by atoms with Crippen molar-refractivity contribution in [3.8, 4) is 0 Å². The minimum Gasteiger partial charge on any atom is -0.380 e. The summed E-state index contributed by atoms with van der Waals surface area (Å²) in [6.45, 7) is 1.94. The first-order valence-corrected chi connectivity index (χ1v) is 9.58. The van der Waals surface area contributed by atoms with Gasteiger partial charge < -0.3 is 4.74 Å². The molecule has 0 bridgehead atoms. The molecule has 4 nitrogen and oxygen atoms in total. The summed E-state index contributed by atoms with van der Waals surface area (Å²) in [5, 5.41) is 0.767. The molecule has 0 unspecified atom stereocenters. The summed E-state index contributed by atoms with van der Waals surface area (Å²) in [5.74, 6) is 0.207. The van der Waals surface area contributed by atoms with Gasteiger partial charge in [-0.3, -0.25) is 0 Å². The number of sulfonamides is 1. The first-order chi connectivity index (χ1) is 10.1. The molecule has 0 atom stereocenters. The van der Waals surface area contributed by atoms with E-state index in [2.05, 4.69) is 0 Å². The van der Waals surface area contributed by atoms with E-state index in [1.165, 1.54) is 15.6 Å². The summed E-state index contributed by atoms with van der Waals surface area (Å²) in [4.78, 5) is 1.09. The molecule has 1 fully saturated rings. The molecule has 1 aromatic carbocycles. The quantitative estimate of drug-likeness (QED) is 0.803.